The Balaban J connectivity index is 1.09. The number of benzene rings is 2. The van der Waals surface area contributed by atoms with Crippen molar-refractivity contribution in [2.24, 2.45) is 0 Å². The quantitative estimate of drug-likeness (QED) is 0.130. The van der Waals surface area contributed by atoms with Crippen LogP contribution in [0.15, 0.2) is 73.1 Å². The van der Waals surface area contributed by atoms with Crippen LogP contribution in [-0.2, 0) is 22.7 Å². The molecule has 2 amide bonds. The topological polar surface area (TPSA) is 122 Å². The van der Waals surface area contributed by atoms with E-state index >= 15 is 0 Å². The summed E-state index contributed by atoms with van der Waals surface area (Å²) in [6, 6.07) is 20.0. The van der Waals surface area contributed by atoms with E-state index < -0.39 is 0 Å². The summed E-state index contributed by atoms with van der Waals surface area (Å²) in [5, 5.41) is 13.9. The van der Waals surface area contributed by atoms with Gasteiger partial charge in [0.25, 0.3) is 0 Å². The van der Waals surface area contributed by atoms with Gasteiger partial charge in [0, 0.05) is 91.3 Å². The molecule has 2 saturated heterocycles. The number of carbonyl (C=O) groups excluding carboxylic acids is 2. The van der Waals surface area contributed by atoms with Gasteiger partial charge in [0.1, 0.15) is 5.65 Å². The number of ether oxygens (including phenoxy) is 1. The van der Waals surface area contributed by atoms with Gasteiger partial charge in [-0.15, -0.1) is 0 Å². The van der Waals surface area contributed by atoms with Gasteiger partial charge >= 0.3 is 0 Å². The molecule has 5 aromatic rings. The van der Waals surface area contributed by atoms with Crippen LogP contribution in [-0.4, -0.2) is 58.5 Å². The van der Waals surface area contributed by atoms with Crippen molar-refractivity contribution in [3.8, 4) is 39.5 Å². The lowest BCUT2D eigenvalue weighted by Crippen LogP contribution is -2.35. The van der Waals surface area contributed by atoms with E-state index in [1.165, 1.54) is 0 Å². The number of hydrogen-bond donors (Lipinski definition) is 4. The molecule has 0 saturated carbocycles. The Morgan fingerprint density at radius 1 is 0.755 bits per heavy atom. The first-order valence-electron chi connectivity index (χ1n) is 16.5. The molecule has 0 bridgehead atoms. The molecular weight excluding hydrogens is 661 g/mol. The molecule has 3 aromatic heterocycles. The summed E-state index contributed by atoms with van der Waals surface area (Å²) < 4.78 is 7.66. The largest absolute Gasteiger partial charge is 0.481 e. The number of imidazole rings is 1. The highest BCUT2D eigenvalue weighted by Crippen LogP contribution is 2.42. The standard InChI is InChI=1S/C37H37Cl2N7O3/c1-49-37-23(17-41-19-25-11-15-34(48)43-25)9-12-30(45-37)28-6-2-4-26(35(28)38)27-5-3-7-29(36(27)39)31-21-46-20-22(8-13-32(46)44-31)16-40-18-24-10-14-33(47)42-24/h2-9,12-13,20-21,24-25,40-41H,10-11,14-19H2,1H3,(H,42,47)(H,43,48). The number of nitrogens with zero attached hydrogens (tertiary/aromatic N) is 3. The average molecular weight is 699 g/mol. The number of rotatable bonds is 12. The van der Waals surface area contributed by atoms with Gasteiger partial charge in [-0.2, -0.15) is 0 Å². The first-order chi connectivity index (χ1) is 23.9. The number of pyridine rings is 2. The van der Waals surface area contributed by atoms with Crippen molar-refractivity contribution in [3.05, 3.63) is 94.2 Å². The summed E-state index contributed by atoms with van der Waals surface area (Å²) >= 11 is 14.2. The lowest BCUT2D eigenvalue weighted by molar-refractivity contribution is -0.120. The van der Waals surface area contributed by atoms with Crippen LogP contribution < -0.4 is 26.0 Å². The van der Waals surface area contributed by atoms with Gasteiger partial charge in [0.15, 0.2) is 0 Å². The molecule has 5 heterocycles. The van der Waals surface area contributed by atoms with Crippen molar-refractivity contribution in [3.63, 3.8) is 0 Å². The number of fused-ring (bicyclic) bond motifs is 1. The molecular formula is C37H37Cl2N7O3. The molecule has 2 aliphatic rings. The van der Waals surface area contributed by atoms with Crippen LogP contribution in [0, 0.1) is 0 Å². The third-order valence-electron chi connectivity index (χ3n) is 9.08. The second-order valence-corrected chi connectivity index (χ2v) is 13.3. The normalized spacial score (nSPS) is 17.4. The summed E-state index contributed by atoms with van der Waals surface area (Å²) in [6.07, 6.45) is 6.92. The zero-order valence-corrected chi connectivity index (χ0v) is 28.6. The predicted octanol–water partition coefficient (Wildman–Crippen LogP) is 5.78. The van der Waals surface area contributed by atoms with Crippen LogP contribution in [0.4, 0.5) is 0 Å². The molecule has 2 aliphatic heterocycles. The van der Waals surface area contributed by atoms with Gasteiger partial charge in [0.05, 0.1) is 28.5 Å². The minimum atomic E-state index is 0.102. The Kier molecular flexibility index (Phi) is 9.81. The van der Waals surface area contributed by atoms with Crippen molar-refractivity contribution in [1.82, 2.24) is 35.6 Å². The fraction of sp³-hybridized carbons (Fsp3) is 0.297. The van der Waals surface area contributed by atoms with Crippen LogP contribution in [0.3, 0.4) is 0 Å². The highest BCUT2D eigenvalue weighted by molar-refractivity contribution is 6.39. The summed E-state index contributed by atoms with van der Waals surface area (Å²) in [6.45, 7) is 2.66. The van der Waals surface area contributed by atoms with Crippen molar-refractivity contribution < 1.29 is 14.3 Å². The van der Waals surface area contributed by atoms with Gasteiger partial charge in [-0.25, -0.2) is 9.97 Å². The fourth-order valence-corrected chi connectivity index (χ4v) is 7.16. The minimum Gasteiger partial charge on any atom is -0.481 e. The number of amides is 2. The summed E-state index contributed by atoms with van der Waals surface area (Å²) in [5.41, 5.74) is 7.40. The number of halogens is 2. The van der Waals surface area contributed by atoms with Gasteiger partial charge in [-0.3, -0.25) is 9.59 Å². The Hall–Kier alpha value is -4.48. The van der Waals surface area contributed by atoms with Crippen molar-refractivity contribution in [2.45, 2.75) is 50.9 Å². The van der Waals surface area contributed by atoms with E-state index in [1.54, 1.807) is 7.11 Å². The van der Waals surface area contributed by atoms with Crippen LogP contribution in [0.25, 0.3) is 39.3 Å². The van der Waals surface area contributed by atoms with E-state index in [0.717, 1.165) is 64.1 Å². The average Bonchev–Trinajstić information content (AvgIpc) is 3.84. The molecule has 12 heteroatoms. The first-order valence-corrected chi connectivity index (χ1v) is 17.2. The van der Waals surface area contributed by atoms with Gasteiger partial charge < -0.3 is 30.4 Å². The monoisotopic (exact) mass is 697 g/mol. The van der Waals surface area contributed by atoms with Crippen LogP contribution in [0.5, 0.6) is 5.88 Å². The second kappa shape index (κ2) is 14.6. The molecule has 4 N–H and O–H groups in total. The molecule has 252 valence electrons. The van der Waals surface area contributed by atoms with E-state index in [9.17, 15) is 9.59 Å². The Bertz CT molecular complexity index is 2030. The van der Waals surface area contributed by atoms with E-state index in [4.69, 9.17) is 37.9 Å². The molecule has 0 aliphatic carbocycles. The molecule has 49 heavy (non-hydrogen) atoms. The number of nitrogens with one attached hydrogen (secondary N) is 4. The lowest BCUT2D eigenvalue weighted by Gasteiger charge is -2.15. The van der Waals surface area contributed by atoms with E-state index in [0.29, 0.717) is 54.1 Å². The molecule has 10 nitrogen and oxygen atoms in total. The number of carbonyl (C=O) groups is 2. The molecule has 2 aromatic carbocycles. The highest BCUT2D eigenvalue weighted by atomic mass is 35.5. The second-order valence-electron chi connectivity index (χ2n) is 12.5. The SMILES string of the molecule is COc1nc(-c2cccc(-c3cccc(-c4cn5cc(CNCC6CCC(=O)N6)ccc5n4)c3Cl)c2Cl)ccc1CNCC1CCC(=O)N1. The summed E-state index contributed by atoms with van der Waals surface area (Å²) in [7, 11) is 1.60. The molecule has 2 fully saturated rings. The third kappa shape index (κ3) is 7.28. The molecule has 2 atom stereocenters. The van der Waals surface area contributed by atoms with Crippen LogP contribution >= 0.6 is 23.2 Å². The van der Waals surface area contributed by atoms with Gasteiger partial charge in [0.2, 0.25) is 17.7 Å². The van der Waals surface area contributed by atoms with Gasteiger partial charge in [-0.1, -0.05) is 71.7 Å². The van der Waals surface area contributed by atoms with E-state index in [1.807, 2.05) is 65.2 Å². The Labute approximate surface area is 294 Å². The van der Waals surface area contributed by atoms with Crippen molar-refractivity contribution in [1.29, 1.82) is 0 Å². The molecule has 0 spiro atoms. The number of hydrogen-bond acceptors (Lipinski definition) is 7. The van der Waals surface area contributed by atoms with Crippen molar-refractivity contribution >= 4 is 40.7 Å². The highest BCUT2D eigenvalue weighted by Gasteiger charge is 2.22. The van der Waals surface area contributed by atoms with Crippen LogP contribution in [0.1, 0.15) is 36.8 Å². The van der Waals surface area contributed by atoms with E-state index in [2.05, 4.69) is 33.5 Å². The number of methoxy groups -OCH3 is 1. The van der Waals surface area contributed by atoms with Gasteiger partial charge in [-0.05, 0) is 30.5 Å². The summed E-state index contributed by atoms with van der Waals surface area (Å²) in [5.74, 6) is 0.734. The Morgan fingerprint density at radius 2 is 1.37 bits per heavy atom. The summed E-state index contributed by atoms with van der Waals surface area (Å²) in [4.78, 5) is 32.6. The van der Waals surface area contributed by atoms with Crippen molar-refractivity contribution in [2.75, 3.05) is 20.2 Å². The Morgan fingerprint density at radius 3 is 1.98 bits per heavy atom. The maximum Gasteiger partial charge on any atom is 0.220 e. The molecule has 2 unspecified atom stereocenters. The minimum absolute atomic E-state index is 0.102. The smallest absolute Gasteiger partial charge is 0.220 e. The fourth-order valence-electron chi connectivity index (χ4n) is 6.51. The van der Waals surface area contributed by atoms with E-state index in [-0.39, 0.29) is 23.9 Å². The maximum absolute atomic E-state index is 11.5. The zero-order valence-electron chi connectivity index (χ0n) is 27.1. The maximum atomic E-state index is 11.5. The molecule has 0 radical (unpaired) electrons. The lowest BCUT2D eigenvalue weighted by atomic mass is 9.98. The molecule has 7 rings (SSSR count). The third-order valence-corrected chi connectivity index (χ3v) is 9.89. The predicted molar refractivity (Wildman–Crippen MR) is 192 cm³/mol. The zero-order chi connectivity index (χ0) is 33.9. The van der Waals surface area contributed by atoms with Crippen LogP contribution in [0.2, 0.25) is 10.0 Å². The first kappa shape index (κ1) is 33.0. The number of aromatic nitrogens is 3.